The number of carbonyl (C=O) groups is 1. The predicted molar refractivity (Wildman–Crippen MR) is 67.4 cm³/mol. The van der Waals surface area contributed by atoms with Crippen molar-refractivity contribution < 1.29 is 4.79 Å². The van der Waals surface area contributed by atoms with E-state index >= 15 is 0 Å². The molecule has 0 aromatic carbocycles. The van der Waals surface area contributed by atoms with Crippen LogP contribution in [0.5, 0.6) is 0 Å². The minimum Gasteiger partial charge on any atom is -0.343 e. The van der Waals surface area contributed by atoms with Crippen LogP contribution in [0, 0.1) is 20.8 Å². The molecule has 2 heterocycles. The number of aldehydes is 1. The molecule has 0 aliphatic heterocycles. The fourth-order valence-electron chi connectivity index (χ4n) is 2.02. The normalized spacial score (nSPS) is 10.5. The lowest BCUT2D eigenvalue weighted by atomic mass is 10.2. The summed E-state index contributed by atoms with van der Waals surface area (Å²) in [5.74, 6) is 0. The van der Waals surface area contributed by atoms with E-state index in [1.807, 2.05) is 26.0 Å². The summed E-state index contributed by atoms with van der Waals surface area (Å²) >= 11 is 0. The van der Waals surface area contributed by atoms with E-state index in [-0.39, 0.29) is 0 Å². The molecule has 0 saturated heterocycles. The van der Waals surface area contributed by atoms with E-state index in [4.69, 9.17) is 0 Å². The number of aromatic nitrogens is 2. The van der Waals surface area contributed by atoms with Crippen LogP contribution in [0.15, 0.2) is 24.4 Å². The van der Waals surface area contributed by atoms with Gasteiger partial charge in [0.05, 0.1) is 12.2 Å². The molecule has 0 atom stereocenters. The van der Waals surface area contributed by atoms with Crippen molar-refractivity contribution in [3.8, 4) is 0 Å². The summed E-state index contributed by atoms with van der Waals surface area (Å²) in [5.41, 5.74) is 5.08. The number of pyridine rings is 1. The van der Waals surface area contributed by atoms with Crippen molar-refractivity contribution in [1.82, 2.24) is 9.55 Å². The third kappa shape index (κ3) is 2.13. The summed E-state index contributed by atoms with van der Waals surface area (Å²) in [6, 6.07) is 5.91. The number of carbonyl (C=O) groups excluding carboxylic acids is 1. The van der Waals surface area contributed by atoms with Crippen LogP contribution in [-0.2, 0) is 6.54 Å². The van der Waals surface area contributed by atoms with Gasteiger partial charge in [0.25, 0.3) is 0 Å². The van der Waals surface area contributed by atoms with Gasteiger partial charge < -0.3 is 4.57 Å². The number of nitrogens with zero attached hydrogens (tertiary/aromatic N) is 2. The summed E-state index contributed by atoms with van der Waals surface area (Å²) in [6.07, 6.45) is 2.71. The lowest BCUT2D eigenvalue weighted by molar-refractivity contribution is 0.112. The van der Waals surface area contributed by atoms with Crippen molar-refractivity contribution in [2.24, 2.45) is 0 Å². The van der Waals surface area contributed by atoms with Gasteiger partial charge in [0, 0.05) is 23.1 Å². The first-order valence-electron chi connectivity index (χ1n) is 5.66. The Balaban J connectivity index is 2.40. The lowest BCUT2D eigenvalue weighted by Gasteiger charge is -2.10. The van der Waals surface area contributed by atoms with E-state index in [0.29, 0.717) is 0 Å². The van der Waals surface area contributed by atoms with Crippen LogP contribution in [0.25, 0.3) is 0 Å². The van der Waals surface area contributed by atoms with Gasteiger partial charge in [-0.3, -0.25) is 9.78 Å². The Labute approximate surface area is 101 Å². The van der Waals surface area contributed by atoms with Gasteiger partial charge in [0.15, 0.2) is 6.29 Å². The zero-order valence-corrected chi connectivity index (χ0v) is 10.4. The molecule has 17 heavy (non-hydrogen) atoms. The summed E-state index contributed by atoms with van der Waals surface area (Å²) < 4.78 is 2.12. The minimum absolute atomic E-state index is 0.720. The molecule has 3 nitrogen and oxygen atoms in total. The average Bonchev–Trinajstić information content (AvgIpc) is 2.59. The first kappa shape index (κ1) is 11.6. The van der Waals surface area contributed by atoms with Crippen LogP contribution >= 0.6 is 0 Å². The molecule has 2 rings (SSSR count). The Morgan fingerprint density at radius 1 is 1.35 bits per heavy atom. The first-order valence-corrected chi connectivity index (χ1v) is 5.66. The van der Waals surface area contributed by atoms with Crippen LogP contribution < -0.4 is 0 Å². The van der Waals surface area contributed by atoms with Crippen molar-refractivity contribution in [2.75, 3.05) is 0 Å². The van der Waals surface area contributed by atoms with Crippen molar-refractivity contribution >= 4 is 6.29 Å². The van der Waals surface area contributed by atoms with E-state index in [1.165, 1.54) is 5.56 Å². The van der Waals surface area contributed by atoms with Crippen molar-refractivity contribution in [3.63, 3.8) is 0 Å². The highest BCUT2D eigenvalue weighted by molar-refractivity contribution is 5.77. The summed E-state index contributed by atoms with van der Waals surface area (Å²) in [6.45, 7) is 6.75. The Bertz CT molecular complexity index is 555. The fraction of sp³-hybridized carbons (Fsp3) is 0.286. The minimum atomic E-state index is 0.720. The molecule has 0 fully saturated rings. The predicted octanol–water partition coefficient (Wildman–Crippen LogP) is 2.67. The molecule has 0 unspecified atom stereocenters. The van der Waals surface area contributed by atoms with Crippen molar-refractivity contribution in [2.45, 2.75) is 27.3 Å². The smallest absolute Gasteiger partial charge is 0.151 e. The zero-order valence-electron chi connectivity index (χ0n) is 10.4. The van der Waals surface area contributed by atoms with Crippen LogP contribution in [0.3, 0.4) is 0 Å². The standard InChI is InChI=1S/C14H16N2O/c1-10-5-4-6-15-14(10)8-16-11(2)7-13(9-17)12(16)3/h4-7,9H,8H2,1-3H3. The molecule has 88 valence electrons. The largest absolute Gasteiger partial charge is 0.343 e. The van der Waals surface area contributed by atoms with Gasteiger partial charge in [-0.1, -0.05) is 6.07 Å². The van der Waals surface area contributed by atoms with Gasteiger partial charge in [-0.15, -0.1) is 0 Å². The van der Waals surface area contributed by atoms with Crippen LogP contribution in [0.2, 0.25) is 0 Å². The molecule has 0 aliphatic rings. The molecule has 0 spiro atoms. The number of hydrogen-bond donors (Lipinski definition) is 0. The maximum atomic E-state index is 10.9. The van der Waals surface area contributed by atoms with Gasteiger partial charge in [0.2, 0.25) is 0 Å². The Morgan fingerprint density at radius 2 is 2.12 bits per heavy atom. The molecule has 0 saturated carbocycles. The SMILES string of the molecule is Cc1cccnc1Cn1c(C)cc(C=O)c1C. The van der Waals surface area contributed by atoms with Crippen LogP contribution in [0.1, 0.15) is 33.0 Å². The number of hydrogen-bond acceptors (Lipinski definition) is 2. The maximum absolute atomic E-state index is 10.9. The van der Waals surface area contributed by atoms with Crippen molar-refractivity contribution in [1.29, 1.82) is 0 Å². The highest BCUT2D eigenvalue weighted by atomic mass is 16.1. The second kappa shape index (κ2) is 4.53. The van der Waals surface area contributed by atoms with Crippen LogP contribution in [-0.4, -0.2) is 15.8 Å². The van der Waals surface area contributed by atoms with E-state index in [0.717, 1.165) is 35.5 Å². The number of rotatable bonds is 3. The Hall–Kier alpha value is -1.90. The second-order valence-electron chi connectivity index (χ2n) is 4.30. The Morgan fingerprint density at radius 3 is 2.71 bits per heavy atom. The molecule has 0 aliphatic carbocycles. The first-order chi connectivity index (χ1) is 8.13. The second-order valence-corrected chi connectivity index (χ2v) is 4.30. The molecular formula is C14H16N2O. The average molecular weight is 228 g/mol. The van der Waals surface area contributed by atoms with Crippen molar-refractivity contribution in [3.05, 3.63) is 52.6 Å². The number of aryl methyl sites for hydroxylation is 2. The lowest BCUT2D eigenvalue weighted by Crippen LogP contribution is -2.07. The third-order valence-corrected chi connectivity index (χ3v) is 3.17. The van der Waals surface area contributed by atoms with Crippen LogP contribution in [0.4, 0.5) is 0 Å². The van der Waals surface area contributed by atoms with Gasteiger partial charge >= 0.3 is 0 Å². The Kier molecular flexibility index (Phi) is 3.09. The van der Waals surface area contributed by atoms with E-state index < -0.39 is 0 Å². The molecule has 3 heteroatoms. The van der Waals surface area contributed by atoms with Gasteiger partial charge in [0.1, 0.15) is 0 Å². The highest BCUT2D eigenvalue weighted by Gasteiger charge is 2.09. The topological polar surface area (TPSA) is 34.9 Å². The zero-order chi connectivity index (χ0) is 12.4. The quantitative estimate of drug-likeness (QED) is 0.757. The maximum Gasteiger partial charge on any atom is 0.151 e. The molecule has 2 aromatic rings. The summed E-state index contributed by atoms with van der Waals surface area (Å²) in [4.78, 5) is 15.3. The molecule has 2 aromatic heterocycles. The van der Waals surface area contributed by atoms with E-state index in [1.54, 1.807) is 6.20 Å². The molecule has 0 bridgehead atoms. The third-order valence-electron chi connectivity index (χ3n) is 3.17. The van der Waals surface area contributed by atoms with E-state index in [9.17, 15) is 4.79 Å². The molecule has 0 N–H and O–H groups in total. The summed E-state index contributed by atoms with van der Waals surface area (Å²) in [5, 5.41) is 0. The molecular weight excluding hydrogens is 212 g/mol. The fourth-order valence-corrected chi connectivity index (χ4v) is 2.02. The van der Waals surface area contributed by atoms with Gasteiger partial charge in [-0.2, -0.15) is 0 Å². The van der Waals surface area contributed by atoms with Gasteiger partial charge in [-0.25, -0.2) is 0 Å². The molecule has 0 amide bonds. The van der Waals surface area contributed by atoms with Gasteiger partial charge in [-0.05, 0) is 38.5 Å². The van der Waals surface area contributed by atoms with E-state index in [2.05, 4.69) is 22.5 Å². The highest BCUT2D eigenvalue weighted by Crippen LogP contribution is 2.16. The molecule has 0 radical (unpaired) electrons. The monoisotopic (exact) mass is 228 g/mol. The summed E-state index contributed by atoms with van der Waals surface area (Å²) in [7, 11) is 0.